The number of aryl methyl sites for hydroxylation is 1. The van der Waals surface area contributed by atoms with Gasteiger partial charge in [-0.05, 0) is 55.2 Å². The number of carbonyl (C=O) groups is 1. The van der Waals surface area contributed by atoms with Crippen molar-refractivity contribution in [1.82, 2.24) is 10.6 Å². The number of rotatable bonds is 8. The Balaban J connectivity index is 0.00000420. The number of primary amides is 1. The Morgan fingerprint density at radius 2 is 1.76 bits per heavy atom. The molecule has 2 aromatic carbocycles. The minimum atomic E-state index is -0.470. The van der Waals surface area contributed by atoms with Crippen molar-refractivity contribution in [3.63, 3.8) is 0 Å². The van der Waals surface area contributed by atoms with Crippen LogP contribution in [0.25, 0.3) is 0 Å². The van der Waals surface area contributed by atoms with Gasteiger partial charge in [0.15, 0.2) is 5.96 Å². The largest absolute Gasteiger partial charge is 0.369 e. The van der Waals surface area contributed by atoms with E-state index in [-0.39, 0.29) is 35.6 Å². The van der Waals surface area contributed by atoms with Crippen LogP contribution in [0.15, 0.2) is 47.5 Å². The Morgan fingerprint density at radius 3 is 2.34 bits per heavy atom. The number of nitrogens with two attached hydrogens (primary N) is 1. The molecule has 1 unspecified atom stereocenters. The number of guanidine groups is 1. The number of nitrogens with one attached hydrogen (secondary N) is 2. The van der Waals surface area contributed by atoms with E-state index in [1.54, 1.807) is 31.2 Å². The highest BCUT2D eigenvalue weighted by Gasteiger charge is 2.16. The lowest BCUT2D eigenvalue weighted by atomic mass is 9.98. The second kappa shape index (κ2) is 12.4. The van der Waals surface area contributed by atoms with E-state index in [0.29, 0.717) is 37.6 Å². The first-order valence-electron chi connectivity index (χ1n) is 9.20. The van der Waals surface area contributed by atoms with Crippen LogP contribution in [0.3, 0.4) is 0 Å². The first kappa shape index (κ1) is 24.8. The maximum Gasteiger partial charge on any atom is 0.222 e. The van der Waals surface area contributed by atoms with Gasteiger partial charge in [0.1, 0.15) is 11.6 Å². The quantitative estimate of drug-likeness (QED) is 0.286. The number of aliphatic imine (C=N–C) groups is 1. The monoisotopic (exact) mass is 516 g/mol. The van der Waals surface area contributed by atoms with Gasteiger partial charge in [0.2, 0.25) is 5.91 Å². The summed E-state index contributed by atoms with van der Waals surface area (Å²) in [6.45, 7) is 4.95. The highest BCUT2D eigenvalue weighted by atomic mass is 127. The Hall–Kier alpha value is -2.23. The van der Waals surface area contributed by atoms with Crippen molar-refractivity contribution in [2.24, 2.45) is 16.6 Å². The molecule has 8 heteroatoms. The van der Waals surface area contributed by atoms with Gasteiger partial charge in [-0.25, -0.2) is 13.8 Å². The molecule has 5 nitrogen and oxygen atoms in total. The predicted molar refractivity (Wildman–Crippen MR) is 122 cm³/mol. The Kier molecular flexibility index (Phi) is 10.6. The fraction of sp³-hybridized carbons (Fsp3) is 0.333. The van der Waals surface area contributed by atoms with Crippen LogP contribution in [-0.4, -0.2) is 25.0 Å². The molecule has 0 aliphatic heterocycles. The molecule has 0 saturated heterocycles. The van der Waals surface area contributed by atoms with Crippen LogP contribution in [0, 0.1) is 24.5 Å². The van der Waals surface area contributed by atoms with E-state index in [4.69, 9.17) is 5.73 Å². The molecule has 4 N–H and O–H groups in total. The second-order valence-electron chi connectivity index (χ2n) is 6.59. The zero-order valence-corrected chi connectivity index (χ0v) is 18.9. The molecule has 0 aromatic heterocycles. The predicted octanol–water partition coefficient (Wildman–Crippen LogP) is 3.29. The summed E-state index contributed by atoms with van der Waals surface area (Å²) in [6.07, 6.45) is 0.402. The Bertz CT molecular complexity index is 828. The topological polar surface area (TPSA) is 79.5 Å². The van der Waals surface area contributed by atoms with Crippen molar-refractivity contribution in [3.8, 4) is 0 Å². The molecular formula is C21H27F2IN4O. The highest BCUT2D eigenvalue weighted by molar-refractivity contribution is 14.0. The summed E-state index contributed by atoms with van der Waals surface area (Å²) >= 11 is 0. The first-order valence-corrected chi connectivity index (χ1v) is 9.20. The van der Waals surface area contributed by atoms with Crippen LogP contribution in [-0.2, 0) is 17.8 Å². The standard InChI is InChI=1S/C21H26F2N4O.HI/c1-3-25-21(26-12-16-6-9-19(23)14(2)10-16)27-13-17(20(24)28)11-15-4-7-18(22)8-5-15;/h4-10,17H,3,11-13H2,1-2H3,(H2,24,28)(H2,25,26,27);1H. The molecular weight excluding hydrogens is 489 g/mol. The number of halogens is 3. The fourth-order valence-electron chi connectivity index (χ4n) is 2.72. The lowest BCUT2D eigenvalue weighted by molar-refractivity contribution is -0.121. The number of amides is 1. The molecule has 0 radical (unpaired) electrons. The van der Waals surface area contributed by atoms with E-state index >= 15 is 0 Å². The molecule has 0 fully saturated rings. The van der Waals surface area contributed by atoms with Gasteiger partial charge in [-0.3, -0.25) is 4.79 Å². The molecule has 158 valence electrons. The van der Waals surface area contributed by atoms with Gasteiger partial charge in [-0.15, -0.1) is 24.0 Å². The molecule has 0 aliphatic rings. The van der Waals surface area contributed by atoms with E-state index in [1.165, 1.54) is 18.2 Å². The molecule has 1 atom stereocenters. The van der Waals surface area contributed by atoms with Crippen LogP contribution in [0.2, 0.25) is 0 Å². The third kappa shape index (κ3) is 8.35. The second-order valence-corrected chi connectivity index (χ2v) is 6.59. The molecule has 0 heterocycles. The summed E-state index contributed by atoms with van der Waals surface area (Å²) in [5, 5.41) is 6.23. The van der Waals surface area contributed by atoms with Crippen molar-refractivity contribution in [2.45, 2.75) is 26.8 Å². The number of benzene rings is 2. The van der Waals surface area contributed by atoms with Crippen LogP contribution in [0.4, 0.5) is 8.78 Å². The summed E-state index contributed by atoms with van der Waals surface area (Å²) in [5.41, 5.74) is 7.80. The van der Waals surface area contributed by atoms with Gasteiger partial charge >= 0.3 is 0 Å². The van der Waals surface area contributed by atoms with Gasteiger partial charge < -0.3 is 16.4 Å². The van der Waals surface area contributed by atoms with Crippen molar-refractivity contribution in [3.05, 3.63) is 70.8 Å². The minimum absolute atomic E-state index is 0. The zero-order valence-electron chi connectivity index (χ0n) is 16.5. The van der Waals surface area contributed by atoms with Gasteiger partial charge in [0.25, 0.3) is 0 Å². The average molecular weight is 516 g/mol. The summed E-state index contributed by atoms with van der Waals surface area (Å²) < 4.78 is 26.4. The summed E-state index contributed by atoms with van der Waals surface area (Å²) in [7, 11) is 0. The van der Waals surface area contributed by atoms with E-state index in [1.807, 2.05) is 6.92 Å². The Labute approximate surface area is 187 Å². The first-order chi connectivity index (χ1) is 13.4. The number of hydrogen-bond acceptors (Lipinski definition) is 2. The molecule has 0 spiro atoms. The Morgan fingerprint density at radius 1 is 1.10 bits per heavy atom. The van der Waals surface area contributed by atoms with Gasteiger partial charge in [0, 0.05) is 13.1 Å². The zero-order chi connectivity index (χ0) is 20.5. The molecule has 1 amide bonds. The van der Waals surface area contributed by atoms with Crippen LogP contribution in [0.5, 0.6) is 0 Å². The minimum Gasteiger partial charge on any atom is -0.369 e. The molecule has 0 aliphatic carbocycles. The molecule has 29 heavy (non-hydrogen) atoms. The molecule has 0 saturated carbocycles. The molecule has 0 bridgehead atoms. The number of hydrogen-bond donors (Lipinski definition) is 3. The van der Waals surface area contributed by atoms with E-state index < -0.39 is 11.8 Å². The van der Waals surface area contributed by atoms with E-state index in [0.717, 1.165) is 11.1 Å². The number of carbonyl (C=O) groups excluding carboxylic acids is 1. The van der Waals surface area contributed by atoms with E-state index in [2.05, 4.69) is 15.6 Å². The fourth-order valence-corrected chi connectivity index (χ4v) is 2.72. The van der Waals surface area contributed by atoms with Crippen molar-refractivity contribution in [2.75, 3.05) is 13.1 Å². The average Bonchev–Trinajstić information content (AvgIpc) is 2.66. The molecule has 2 rings (SSSR count). The lowest BCUT2D eigenvalue weighted by Crippen LogP contribution is -2.43. The lowest BCUT2D eigenvalue weighted by Gasteiger charge is -2.17. The third-order valence-electron chi connectivity index (χ3n) is 4.30. The SMILES string of the molecule is CCNC(=NCc1ccc(F)c(C)c1)NCC(Cc1ccc(F)cc1)C(N)=O.I. The van der Waals surface area contributed by atoms with Crippen LogP contribution >= 0.6 is 24.0 Å². The smallest absolute Gasteiger partial charge is 0.222 e. The number of nitrogens with zero attached hydrogens (tertiary/aromatic N) is 1. The summed E-state index contributed by atoms with van der Waals surface area (Å²) in [5.74, 6) is -0.947. The van der Waals surface area contributed by atoms with Crippen molar-refractivity contribution in [1.29, 1.82) is 0 Å². The maximum absolute atomic E-state index is 13.4. The van der Waals surface area contributed by atoms with Crippen molar-refractivity contribution >= 4 is 35.8 Å². The summed E-state index contributed by atoms with van der Waals surface area (Å²) in [6, 6.07) is 10.9. The molecule has 2 aromatic rings. The van der Waals surface area contributed by atoms with Gasteiger partial charge in [-0.2, -0.15) is 0 Å². The van der Waals surface area contributed by atoms with Crippen molar-refractivity contribution < 1.29 is 13.6 Å². The summed E-state index contributed by atoms with van der Waals surface area (Å²) in [4.78, 5) is 16.3. The van der Waals surface area contributed by atoms with Gasteiger partial charge in [-0.1, -0.05) is 24.3 Å². The normalized spacial score (nSPS) is 12.1. The van der Waals surface area contributed by atoms with Gasteiger partial charge in [0.05, 0.1) is 12.5 Å². The van der Waals surface area contributed by atoms with Crippen LogP contribution in [0.1, 0.15) is 23.6 Å². The maximum atomic E-state index is 13.4. The van der Waals surface area contributed by atoms with Crippen LogP contribution < -0.4 is 16.4 Å². The third-order valence-corrected chi connectivity index (χ3v) is 4.30. The van der Waals surface area contributed by atoms with E-state index in [9.17, 15) is 13.6 Å². The highest BCUT2D eigenvalue weighted by Crippen LogP contribution is 2.11.